The van der Waals surface area contributed by atoms with Crippen molar-refractivity contribution in [1.82, 2.24) is 4.90 Å². The maximum atomic E-state index is 12.6. The van der Waals surface area contributed by atoms with Gasteiger partial charge in [0.2, 0.25) is 5.91 Å². The van der Waals surface area contributed by atoms with Crippen molar-refractivity contribution < 1.29 is 9.53 Å². The summed E-state index contributed by atoms with van der Waals surface area (Å²) in [5.41, 5.74) is 0.994. The number of likely N-dealkylation sites (tertiary alicyclic amines) is 1. The molecule has 116 valence electrons. The maximum absolute atomic E-state index is 12.6. The van der Waals surface area contributed by atoms with Gasteiger partial charge in [0.25, 0.3) is 0 Å². The van der Waals surface area contributed by atoms with Crippen LogP contribution in [-0.4, -0.2) is 30.0 Å². The van der Waals surface area contributed by atoms with Crippen LogP contribution >= 0.6 is 0 Å². The molecule has 0 unspecified atom stereocenters. The van der Waals surface area contributed by atoms with Gasteiger partial charge in [-0.3, -0.25) is 4.79 Å². The van der Waals surface area contributed by atoms with Crippen molar-refractivity contribution in [2.45, 2.75) is 52.6 Å². The molecule has 1 heterocycles. The van der Waals surface area contributed by atoms with Crippen molar-refractivity contribution in [3.8, 4) is 5.75 Å². The molecular formula is C18H27NO2. The van der Waals surface area contributed by atoms with Gasteiger partial charge >= 0.3 is 0 Å². The molecule has 0 bridgehead atoms. The molecule has 1 atom stereocenters. The number of nitrogens with zero attached hydrogens (tertiary/aromatic N) is 1. The standard InChI is InChI=1S/C18H27NO2/c1-14(2)21-17-10-5-4-9-16(17)12-18(20)19-11-7-6-8-15(3)13-19/h4-5,9-10,14-15H,6-8,11-13H2,1-3H3/t15-/m0/s1. The summed E-state index contributed by atoms with van der Waals surface area (Å²) in [6.07, 6.45) is 4.16. The van der Waals surface area contributed by atoms with Crippen LogP contribution in [0.3, 0.4) is 0 Å². The zero-order chi connectivity index (χ0) is 15.2. The summed E-state index contributed by atoms with van der Waals surface area (Å²) in [5, 5.41) is 0. The zero-order valence-corrected chi connectivity index (χ0v) is 13.5. The molecule has 3 heteroatoms. The molecule has 21 heavy (non-hydrogen) atoms. The summed E-state index contributed by atoms with van der Waals surface area (Å²) in [4.78, 5) is 14.6. The van der Waals surface area contributed by atoms with E-state index in [1.807, 2.05) is 43.0 Å². The van der Waals surface area contributed by atoms with Gasteiger partial charge in [-0.25, -0.2) is 0 Å². The minimum Gasteiger partial charge on any atom is -0.491 e. The van der Waals surface area contributed by atoms with E-state index >= 15 is 0 Å². The molecule has 0 N–H and O–H groups in total. The Morgan fingerprint density at radius 2 is 2.10 bits per heavy atom. The average Bonchev–Trinajstić information content (AvgIpc) is 2.65. The molecule has 3 nitrogen and oxygen atoms in total. The van der Waals surface area contributed by atoms with Crippen molar-refractivity contribution in [1.29, 1.82) is 0 Å². The molecule has 1 amide bonds. The molecule has 1 fully saturated rings. The van der Waals surface area contributed by atoms with Gasteiger partial charge in [0.1, 0.15) is 5.75 Å². The first-order valence-electron chi connectivity index (χ1n) is 8.08. The minimum absolute atomic E-state index is 0.125. The Bertz CT molecular complexity index is 470. The van der Waals surface area contributed by atoms with E-state index in [-0.39, 0.29) is 12.0 Å². The summed E-state index contributed by atoms with van der Waals surface area (Å²) < 4.78 is 5.81. The highest BCUT2D eigenvalue weighted by atomic mass is 16.5. The normalized spacial score (nSPS) is 19.4. The highest BCUT2D eigenvalue weighted by Crippen LogP contribution is 2.22. The predicted octanol–water partition coefficient (Wildman–Crippen LogP) is 3.66. The SMILES string of the molecule is CC(C)Oc1ccccc1CC(=O)N1CCCC[C@H](C)C1. The lowest BCUT2D eigenvalue weighted by atomic mass is 10.1. The number of carbonyl (C=O) groups is 1. The number of benzene rings is 1. The van der Waals surface area contributed by atoms with E-state index in [9.17, 15) is 4.79 Å². The van der Waals surface area contributed by atoms with Crippen LogP contribution in [-0.2, 0) is 11.2 Å². The Balaban J connectivity index is 2.05. The first-order chi connectivity index (χ1) is 10.1. The summed E-state index contributed by atoms with van der Waals surface area (Å²) in [6, 6.07) is 7.88. The van der Waals surface area contributed by atoms with E-state index in [1.165, 1.54) is 12.8 Å². The number of amides is 1. The minimum atomic E-state index is 0.125. The molecule has 1 aromatic rings. The van der Waals surface area contributed by atoms with Gasteiger partial charge in [-0.05, 0) is 38.7 Å². The van der Waals surface area contributed by atoms with Crippen molar-refractivity contribution in [3.05, 3.63) is 29.8 Å². The monoisotopic (exact) mass is 289 g/mol. The fraction of sp³-hybridized carbons (Fsp3) is 0.611. The van der Waals surface area contributed by atoms with Gasteiger partial charge in [-0.1, -0.05) is 31.5 Å². The Morgan fingerprint density at radius 3 is 2.86 bits per heavy atom. The van der Waals surface area contributed by atoms with Crippen LogP contribution in [0.2, 0.25) is 0 Å². The second kappa shape index (κ2) is 7.48. The van der Waals surface area contributed by atoms with Crippen molar-refractivity contribution in [2.24, 2.45) is 5.92 Å². The summed E-state index contributed by atoms with van der Waals surface area (Å²) in [7, 11) is 0. The van der Waals surface area contributed by atoms with E-state index in [4.69, 9.17) is 4.74 Å². The van der Waals surface area contributed by atoms with Gasteiger partial charge in [-0.15, -0.1) is 0 Å². The Hall–Kier alpha value is -1.51. The first-order valence-corrected chi connectivity index (χ1v) is 8.08. The Labute approximate surface area is 128 Å². The maximum Gasteiger partial charge on any atom is 0.227 e. The third-order valence-corrected chi connectivity index (χ3v) is 3.94. The van der Waals surface area contributed by atoms with Crippen LogP contribution in [0.1, 0.15) is 45.6 Å². The van der Waals surface area contributed by atoms with Gasteiger partial charge < -0.3 is 9.64 Å². The number of carbonyl (C=O) groups excluding carboxylic acids is 1. The largest absolute Gasteiger partial charge is 0.491 e. The lowest BCUT2D eigenvalue weighted by Gasteiger charge is -2.23. The molecule has 0 spiro atoms. The fourth-order valence-electron chi connectivity index (χ4n) is 2.87. The molecule has 0 radical (unpaired) electrons. The van der Waals surface area contributed by atoms with Gasteiger partial charge in [-0.2, -0.15) is 0 Å². The molecule has 0 saturated carbocycles. The lowest BCUT2D eigenvalue weighted by molar-refractivity contribution is -0.130. The van der Waals surface area contributed by atoms with Crippen LogP contribution < -0.4 is 4.74 Å². The second-order valence-electron chi connectivity index (χ2n) is 6.39. The highest BCUT2D eigenvalue weighted by Gasteiger charge is 2.20. The number of hydrogen-bond acceptors (Lipinski definition) is 2. The van der Waals surface area contributed by atoms with Crippen LogP contribution in [0.4, 0.5) is 0 Å². The summed E-state index contributed by atoms with van der Waals surface area (Å²) in [6.45, 7) is 8.05. The molecule has 0 aliphatic carbocycles. The quantitative estimate of drug-likeness (QED) is 0.846. The van der Waals surface area contributed by atoms with E-state index in [0.717, 1.165) is 30.8 Å². The van der Waals surface area contributed by atoms with Crippen molar-refractivity contribution in [2.75, 3.05) is 13.1 Å². The number of hydrogen-bond donors (Lipinski definition) is 0. The van der Waals surface area contributed by atoms with Crippen LogP contribution in [0, 0.1) is 5.92 Å². The van der Waals surface area contributed by atoms with Crippen LogP contribution in [0.15, 0.2) is 24.3 Å². The number of rotatable bonds is 4. The van der Waals surface area contributed by atoms with E-state index in [0.29, 0.717) is 12.3 Å². The second-order valence-corrected chi connectivity index (χ2v) is 6.39. The lowest BCUT2D eigenvalue weighted by Crippen LogP contribution is -2.35. The zero-order valence-electron chi connectivity index (χ0n) is 13.5. The molecule has 1 aliphatic rings. The van der Waals surface area contributed by atoms with Gasteiger partial charge in [0, 0.05) is 18.7 Å². The number of para-hydroxylation sites is 1. The molecule has 1 aromatic carbocycles. The summed E-state index contributed by atoms with van der Waals surface area (Å²) in [5.74, 6) is 1.67. The fourth-order valence-corrected chi connectivity index (χ4v) is 2.87. The molecular weight excluding hydrogens is 262 g/mol. The van der Waals surface area contributed by atoms with E-state index in [1.54, 1.807) is 0 Å². The predicted molar refractivity (Wildman–Crippen MR) is 85.5 cm³/mol. The van der Waals surface area contributed by atoms with Crippen LogP contribution in [0.5, 0.6) is 5.75 Å². The Morgan fingerprint density at radius 1 is 1.33 bits per heavy atom. The first kappa shape index (κ1) is 15.9. The third-order valence-electron chi connectivity index (χ3n) is 3.94. The number of ether oxygens (including phenoxy) is 1. The average molecular weight is 289 g/mol. The van der Waals surface area contributed by atoms with Crippen molar-refractivity contribution in [3.63, 3.8) is 0 Å². The van der Waals surface area contributed by atoms with Gasteiger partial charge in [0.15, 0.2) is 0 Å². The molecule has 2 rings (SSSR count). The van der Waals surface area contributed by atoms with Gasteiger partial charge in [0.05, 0.1) is 12.5 Å². The highest BCUT2D eigenvalue weighted by molar-refractivity contribution is 5.79. The summed E-state index contributed by atoms with van der Waals surface area (Å²) >= 11 is 0. The topological polar surface area (TPSA) is 29.5 Å². The Kier molecular flexibility index (Phi) is 5.66. The van der Waals surface area contributed by atoms with E-state index in [2.05, 4.69) is 6.92 Å². The van der Waals surface area contributed by atoms with Crippen LogP contribution in [0.25, 0.3) is 0 Å². The third kappa shape index (κ3) is 4.76. The molecule has 0 aromatic heterocycles. The molecule has 1 aliphatic heterocycles. The van der Waals surface area contributed by atoms with Crippen molar-refractivity contribution >= 4 is 5.91 Å². The smallest absolute Gasteiger partial charge is 0.227 e. The van der Waals surface area contributed by atoms with E-state index < -0.39 is 0 Å². The molecule has 1 saturated heterocycles.